The molecule has 0 aromatic carbocycles. The van der Waals surface area contributed by atoms with E-state index in [1.807, 2.05) is 0 Å². The highest BCUT2D eigenvalue weighted by molar-refractivity contribution is 8.00. The van der Waals surface area contributed by atoms with Gasteiger partial charge in [0.05, 0.1) is 11.0 Å². The number of nitrogens with two attached hydrogens (primary N) is 1. The quantitative estimate of drug-likeness (QED) is 0.422. The zero-order chi connectivity index (χ0) is 12.7. The Bertz CT molecular complexity index is 556. The van der Waals surface area contributed by atoms with Gasteiger partial charge in [-0.2, -0.15) is 0 Å². The number of nitrogen functional groups attached to an aromatic ring is 1. The number of nitrogens with zero attached hydrogens (tertiary/aromatic N) is 2. The van der Waals surface area contributed by atoms with E-state index in [9.17, 15) is 4.79 Å². The predicted octanol–water partition coefficient (Wildman–Crippen LogP) is 1.07. The highest BCUT2D eigenvalue weighted by Crippen LogP contribution is 2.48. The molecule has 0 aliphatic heterocycles. The molecule has 0 unspecified atom stereocenters. The standard InChI is InChI=1S/C11H14N4O2S/c12-7-4-8(16)14-11(13-7)18-10-6-2-1-5(3-6)9(10)15-17/h4-6,10,17H,1-3H2,(H3,12,13,14,16)/b15-9-/t5-,6+,10+/m0/s1. The summed E-state index contributed by atoms with van der Waals surface area (Å²) >= 11 is 1.44. The van der Waals surface area contributed by atoms with Gasteiger partial charge in [0.25, 0.3) is 5.56 Å². The Morgan fingerprint density at radius 1 is 1.56 bits per heavy atom. The van der Waals surface area contributed by atoms with Crippen LogP contribution in [0.2, 0.25) is 0 Å². The van der Waals surface area contributed by atoms with Crippen molar-refractivity contribution < 1.29 is 5.21 Å². The van der Waals surface area contributed by atoms with E-state index in [-0.39, 0.29) is 16.6 Å². The van der Waals surface area contributed by atoms with E-state index in [1.54, 1.807) is 0 Å². The first-order valence-corrected chi connectivity index (χ1v) is 6.80. The number of fused-ring (bicyclic) bond motifs is 2. The van der Waals surface area contributed by atoms with Gasteiger partial charge in [-0.05, 0) is 25.2 Å². The van der Waals surface area contributed by atoms with Crippen molar-refractivity contribution in [3.63, 3.8) is 0 Å². The highest BCUT2D eigenvalue weighted by atomic mass is 32.2. The van der Waals surface area contributed by atoms with Gasteiger partial charge < -0.3 is 15.9 Å². The van der Waals surface area contributed by atoms with Crippen molar-refractivity contribution >= 4 is 23.3 Å². The molecule has 3 atom stereocenters. The molecule has 18 heavy (non-hydrogen) atoms. The zero-order valence-electron chi connectivity index (χ0n) is 9.67. The van der Waals surface area contributed by atoms with Crippen LogP contribution in [0.15, 0.2) is 21.2 Å². The molecule has 0 radical (unpaired) electrons. The van der Waals surface area contributed by atoms with Crippen LogP contribution in [-0.4, -0.2) is 26.1 Å². The fraction of sp³-hybridized carbons (Fsp3) is 0.545. The van der Waals surface area contributed by atoms with Gasteiger partial charge in [0, 0.05) is 12.0 Å². The molecule has 3 rings (SSSR count). The number of aromatic nitrogens is 2. The number of rotatable bonds is 2. The average Bonchev–Trinajstić information content (AvgIpc) is 2.88. The number of hydrogen-bond acceptors (Lipinski definition) is 6. The molecule has 2 bridgehead atoms. The van der Waals surface area contributed by atoms with Crippen molar-refractivity contribution in [3.05, 3.63) is 16.4 Å². The average molecular weight is 266 g/mol. The first-order chi connectivity index (χ1) is 8.67. The molecular formula is C11H14N4O2S. The maximum atomic E-state index is 11.3. The third kappa shape index (κ3) is 1.88. The monoisotopic (exact) mass is 266 g/mol. The van der Waals surface area contributed by atoms with Crippen LogP contribution < -0.4 is 11.3 Å². The van der Waals surface area contributed by atoms with E-state index in [0.29, 0.717) is 17.0 Å². The molecular weight excluding hydrogens is 252 g/mol. The van der Waals surface area contributed by atoms with Gasteiger partial charge in [0.2, 0.25) is 0 Å². The minimum absolute atomic E-state index is 0.110. The lowest BCUT2D eigenvalue weighted by Gasteiger charge is -2.21. The molecule has 1 heterocycles. The molecule has 2 aliphatic carbocycles. The number of hydrogen-bond donors (Lipinski definition) is 3. The van der Waals surface area contributed by atoms with Crippen molar-refractivity contribution in [1.29, 1.82) is 0 Å². The van der Waals surface area contributed by atoms with Crippen LogP contribution in [0.25, 0.3) is 0 Å². The molecule has 0 saturated heterocycles. The van der Waals surface area contributed by atoms with E-state index in [1.165, 1.54) is 17.8 Å². The molecule has 2 saturated carbocycles. The van der Waals surface area contributed by atoms with E-state index in [2.05, 4.69) is 15.1 Å². The van der Waals surface area contributed by atoms with E-state index < -0.39 is 0 Å². The minimum atomic E-state index is -0.254. The summed E-state index contributed by atoms with van der Waals surface area (Å²) in [6, 6.07) is 1.26. The second-order valence-corrected chi connectivity index (χ2v) is 5.94. The summed E-state index contributed by atoms with van der Waals surface area (Å²) in [7, 11) is 0. The van der Waals surface area contributed by atoms with Crippen molar-refractivity contribution in [2.45, 2.75) is 29.7 Å². The Balaban J connectivity index is 1.86. The van der Waals surface area contributed by atoms with Gasteiger partial charge in [-0.25, -0.2) is 4.98 Å². The maximum Gasteiger partial charge on any atom is 0.253 e. The van der Waals surface area contributed by atoms with Crippen LogP contribution in [-0.2, 0) is 0 Å². The molecule has 1 aromatic heterocycles. The van der Waals surface area contributed by atoms with Crippen LogP contribution in [0.3, 0.4) is 0 Å². The molecule has 6 nitrogen and oxygen atoms in total. The van der Waals surface area contributed by atoms with Crippen LogP contribution in [0.5, 0.6) is 0 Å². The van der Waals surface area contributed by atoms with Crippen molar-refractivity contribution in [2.24, 2.45) is 17.0 Å². The summed E-state index contributed by atoms with van der Waals surface area (Å²) in [6.45, 7) is 0. The number of anilines is 1. The Kier molecular flexibility index (Phi) is 2.77. The van der Waals surface area contributed by atoms with Gasteiger partial charge in [0.15, 0.2) is 5.16 Å². The van der Waals surface area contributed by atoms with E-state index >= 15 is 0 Å². The number of H-pyrrole nitrogens is 1. The molecule has 0 amide bonds. The van der Waals surface area contributed by atoms with Gasteiger partial charge in [-0.3, -0.25) is 4.79 Å². The fourth-order valence-electron chi connectivity index (χ4n) is 2.96. The van der Waals surface area contributed by atoms with Crippen LogP contribution in [0, 0.1) is 11.8 Å². The molecule has 4 N–H and O–H groups in total. The summed E-state index contributed by atoms with van der Waals surface area (Å²) in [5, 5.41) is 13.1. The van der Waals surface area contributed by atoms with Crippen LogP contribution in [0.4, 0.5) is 5.82 Å². The molecule has 2 fully saturated rings. The molecule has 0 spiro atoms. The summed E-state index contributed by atoms with van der Waals surface area (Å²) in [5.41, 5.74) is 6.13. The van der Waals surface area contributed by atoms with Crippen LogP contribution in [0.1, 0.15) is 19.3 Å². The normalized spacial score (nSPS) is 32.2. The number of aromatic amines is 1. The first-order valence-electron chi connectivity index (χ1n) is 5.92. The zero-order valence-corrected chi connectivity index (χ0v) is 10.5. The lowest BCUT2D eigenvalue weighted by molar-refractivity contribution is 0.314. The van der Waals surface area contributed by atoms with E-state index in [4.69, 9.17) is 10.9 Å². The molecule has 1 aromatic rings. The molecule has 7 heteroatoms. The largest absolute Gasteiger partial charge is 0.411 e. The SMILES string of the molecule is Nc1cc(=O)[nH]c(S[C@H]2/C(=N\O)[C@H]3CC[C@@H]2C3)n1. The lowest BCUT2D eigenvalue weighted by atomic mass is 9.98. The first kappa shape index (κ1) is 11.6. The van der Waals surface area contributed by atoms with Gasteiger partial charge in [0.1, 0.15) is 5.82 Å². The topological polar surface area (TPSA) is 104 Å². The number of thioether (sulfide) groups is 1. The fourth-order valence-corrected chi connectivity index (χ4v) is 4.32. The summed E-state index contributed by atoms with van der Waals surface area (Å²) in [4.78, 5) is 18.1. The third-order valence-corrected chi connectivity index (χ3v) is 5.00. The Labute approximate surface area is 108 Å². The van der Waals surface area contributed by atoms with Gasteiger partial charge in [-0.1, -0.05) is 16.9 Å². The minimum Gasteiger partial charge on any atom is -0.411 e. The smallest absolute Gasteiger partial charge is 0.253 e. The lowest BCUT2D eigenvalue weighted by Crippen LogP contribution is -2.25. The van der Waals surface area contributed by atoms with E-state index in [0.717, 1.165) is 25.0 Å². The molecule has 2 aliphatic rings. The maximum absolute atomic E-state index is 11.3. The van der Waals surface area contributed by atoms with Crippen LogP contribution >= 0.6 is 11.8 Å². The van der Waals surface area contributed by atoms with Crippen molar-refractivity contribution in [1.82, 2.24) is 9.97 Å². The number of nitrogens with one attached hydrogen (secondary N) is 1. The second-order valence-electron chi connectivity index (χ2n) is 4.81. The van der Waals surface area contributed by atoms with Gasteiger partial charge >= 0.3 is 0 Å². The number of oxime groups is 1. The predicted molar refractivity (Wildman–Crippen MR) is 69.0 cm³/mol. The Hall–Kier alpha value is -1.50. The highest BCUT2D eigenvalue weighted by Gasteiger charge is 2.46. The Morgan fingerprint density at radius 3 is 3.11 bits per heavy atom. The summed E-state index contributed by atoms with van der Waals surface area (Å²) < 4.78 is 0. The summed E-state index contributed by atoms with van der Waals surface area (Å²) in [5.74, 6) is 1.12. The van der Waals surface area contributed by atoms with Crippen molar-refractivity contribution in [2.75, 3.05) is 5.73 Å². The second kappa shape index (κ2) is 4.31. The third-order valence-electron chi connectivity index (χ3n) is 3.70. The summed E-state index contributed by atoms with van der Waals surface area (Å²) in [6.07, 6.45) is 3.32. The van der Waals surface area contributed by atoms with Crippen molar-refractivity contribution in [3.8, 4) is 0 Å². The Morgan fingerprint density at radius 2 is 2.39 bits per heavy atom. The van der Waals surface area contributed by atoms with Gasteiger partial charge in [-0.15, -0.1) is 0 Å². The molecule has 96 valence electrons.